The van der Waals surface area contributed by atoms with Crippen molar-refractivity contribution in [3.05, 3.63) is 65.2 Å². The van der Waals surface area contributed by atoms with Crippen LogP contribution in [0.25, 0.3) is 22.6 Å². The first-order valence-corrected chi connectivity index (χ1v) is 9.08. The maximum atomic E-state index is 12.9. The highest BCUT2D eigenvalue weighted by molar-refractivity contribution is 6.07. The van der Waals surface area contributed by atoms with Gasteiger partial charge in [0.15, 0.2) is 6.61 Å². The number of amides is 1. The van der Waals surface area contributed by atoms with Crippen LogP contribution in [0.1, 0.15) is 33.8 Å². The van der Waals surface area contributed by atoms with Gasteiger partial charge in [0.1, 0.15) is 5.76 Å². The van der Waals surface area contributed by atoms with Crippen molar-refractivity contribution >= 4 is 34.4 Å². The van der Waals surface area contributed by atoms with E-state index in [1.807, 2.05) is 42.5 Å². The fraction of sp³-hybridized carbons (Fsp3) is 0.227. The Morgan fingerprint density at radius 1 is 1.18 bits per heavy atom. The molecule has 6 nitrogen and oxygen atoms in total. The Kier molecular flexibility index (Phi) is 4.69. The van der Waals surface area contributed by atoms with Crippen LogP contribution in [0.2, 0.25) is 0 Å². The van der Waals surface area contributed by atoms with Crippen LogP contribution in [0.15, 0.2) is 47.1 Å². The minimum Gasteiger partial charge on any atom is -0.465 e. The summed E-state index contributed by atoms with van der Waals surface area (Å²) >= 11 is 0. The van der Waals surface area contributed by atoms with Crippen LogP contribution in [0.4, 0.5) is 0 Å². The first kappa shape index (κ1) is 18.0. The summed E-state index contributed by atoms with van der Waals surface area (Å²) in [5.74, 6) is -0.00965. The number of hydrogen-bond acceptors (Lipinski definition) is 5. The second-order valence-electron chi connectivity index (χ2n) is 6.88. The number of furan rings is 1. The molecule has 0 saturated heterocycles. The lowest BCUT2D eigenvalue weighted by atomic mass is 10.0. The molecule has 0 aliphatic heterocycles. The minimum absolute atomic E-state index is 0.262. The number of allylic oxidation sites excluding steroid dienone is 1. The van der Waals surface area contributed by atoms with Gasteiger partial charge >= 0.3 is 5.97 Å². The molecule has 0 spiro atoms. The molecule has 1 amide bonds. The highest BCUT2D eigenvalue weighted by Gasteiger charge is 2.28. The van der Waals surface area contributed by atoms with E-state index in [0.29, 0.717) is 12.0 Å². The summed E-state index contributed by atoms with van der Waals surface area (Å²) in [6.45, 7) is -0.285. The molecule has 2 aromatic heterocycles. The molecule has 142 valence electrons. The molecule has 0 bridgehead atoms. The highest BCUT2D eigenvalue weighted by atomic mass is 16.5. The van der Waals surface area contributed by atoms with Crippen LogP contribution in [0.5, 0.6) is 0 Å². The summed E-state index contributed by atoms with van der Waals surface area (Å²) in [5, 5.41) is 0.739. The van der Waals surface area contributed by atoms with Crippen molar-refractivity contribution in [3.63, 3.8) is 0 Å². The molecule has 1 aromatic carbocycles. The summed E-state index contributed by atoms with van der Waals surface area (Å²) in [5.41, 5.74) is 3.89. The Hall–Kier alpha value is -3.41. The molecule has 0 unspecified atom stereocenters. The molecule has 1 aliphatic rings. The zero-order chi connectivity index (χ0) is 19.7. The van der Waals surface area contributed by atoms with Crippen molar-refractivity contribution in [2.24, 2.45) is 0 Å². The summed E-state index contributed by atoms with van der Waals surface area (Å²) in [7, 11) is 3.25. The zero-order valence-electron chi connectivity index (χ0n) is 15.8. The largest absolute Gasteiger partial charge is 0.465 e. The average molecular weight is 376 g/mol. The molecule has 0 radical (unpaired) electrons. The topological polar surface area (TPSA) is 72.6 Å². The second-order valence-corrected chi connectivity index (χ2v) is 6.88. The van der Waals surface area contributed by atoms with Gasteiger partial charge in [0, 0.05) is 19.5 Å². The normalized spacial score (nSPS) is 14.3. The van der Waals surface area contributed by atoms with E-state index < -0.39 is 5.97 Å². The van der Waals surface area contributed by atoms with Gasteiger partial charge < -0.3 is 14.1 Å². The monoisotopic (exact) mass is 376 g/mol. The number of likely N-dealkylation sites (N-methyl/N-ethyl adjacent to an activating group) is 1. The molecule has 3 aromatic rings. The van der Waals surface area contributed by atoms with Gasteiger partial charge in [-0.05, 0) is 48.3 Å². The number of benzene rings is 1. The first-order chi connectivity index (χ1) is 13.5. The Morgan fingerprint density at radius 3 is 2.75 bits per heavy atom. The van der Waals surface area contributed by atoms with Gasteiger partial charge in [0.25, 0.3) is 5.91 Å². The van der Waals surface area contributed by atoms with Gasteiger partial charge in [-0.3, -0.25) is 4.79 Å². The predicted octanol–water partition coefficient (Wildman–Crippen LogP) is 3.56. The van der Waals surface area contributed by atoms with Gasteiger partial charge in [0.05, 0.1) is 23.0 Å². The summed E-state index contributed by atoms with van der Waals surface area (Å²) < 4.78 is 10.8. The number of pyridine rings is 1. The number of ether oxygens (including phenoxy) is 1. The summed E-state index contributed by atoms with van der Waals surface area (Å²) in [6.07, 6.45) is 5.03. The Morgan fingerprint density at radius 2 is 2.00 bits per heavy atom. The van der Waals surface area contributed by atoms with E-state index in [9.17, 15) is 9.59 Å². The second kappa shape index (κ2) is 7.31. The number of rotatable bonds is 4. The molecule has 0 fully saturated rings. The van der Waals surface area contributed by atoms with Crippen LogP contribution in [-0.2, 0) is 16.0 Å². The highest BCUT2D eigenvalue weighted by Crippen LogP contribution is 2.37. The standard InChI is InChI=1S/C22H20N2O4/c1-24(2)19(25)13-28-22(26)20-16-7-3-4-8-18(16)23-21-14(9-10-17(20)21)12-15-6-5-11-27-15/h3-8,11-12H,9-10,13H2,1-2H3/b14-12+. The van der Waals surface area contributed by atoms with E-state index in [2.05, 4.69) is 0 Å². The molecule has 0 saturated carbocycles. The van der Waals surface area contributed by atoms with Crippen molar-refractivity contribution in [1.29, 1.82) is 0 Å². The molecule has 6 heteroatoms. The van der Waals surface area contributed by atoms with E-state index in [1.165, 1.54) is 4.90 Å². The number of para-hydroxylation sites is 1. The van der Waals surface area contributed by atoms with Crippen molar-refractivity contribution in [2.45, 2.75) is 12.8 Å². The molecular weight excluding hydrogens is 356 g/mol. The Labute approximate surface area is 162 Å². The molecule has 4 rings (SSSR count). The quantitative estimate of drug-likeness (QED) is 0.651. The number of hydrogen-bond donors (Lipinski definition) is 0. The van der Waals surface area contributed by atoms with Crippen molar-refractivity contribution in [1.82, 2.24) is 9.88 Å². The maximum Gasteiger partial charge on any atom is 0.339 e. The third kappa shape index (κ3) is 3.29. The van der Waals surface area contributed by atoms with Gasteiger partial charge in [-0.1, -0.05) is 18.2 Å². The van der Waals surface area contributed by atoms with Crippen molar-refractivity contribution in [3.8, 4) is 0 Å². The third-order valence-electron chi connectivity index (χ3n) is 4.83. The Bertz CT molecular complexity index is 1080. The summed E-state index contributed by atoms with van der Waals surface area (Å²) in [6, 6.07) is 11.2. The Balaban J connectivity index is 1.78. The number of fused-ring (bicyclic) bond motifs is 2. The first-order valence-electron chi connectivity index (χ1n) is 9.08. The predicted molar refractivity (Wildman–Crippen MR) is 106 cm³/mol. The lowest BCUT2D eigenvalue weighted by Crippen LogP contribution is -2.27. The lowest BCUT2D eigenvalue weighted by Gasteiger charge is -2.14. The molecule has 0 atom stereocenters. The fourth-order valence-corrected chi connectivity index (χ4v) is 3.39. The molecule has 28 heavy (non-hydrogen) atoms. The van der Waals surface area contributed by atoms with Gasteiger partial charge in [-0.25, -0.2) is 9.78 Å². The van der Waals surface area contributed by atoms with E-state index in [0.717, 1.165) is 39.9 Å². The molecule has 2 heterocycles. The number of nitrogens with zero attached hydrogens (tertiary/aromatic N) is 2. The van der Waals surface area contributed by atoms with Crippen LogP contribution in [0, 0.1) is 0 Å². The third-order valence-corrected chi connectivity index (χ3v) is 4.83. The minimum atomic E-state index is -0.496. The molecular formula is C22H20N2O4. The molecule has 1 aliphatic carbocycles. The number of aromatic nitrogens is 1. The van der Waals surface area contributed by atoms with Crippen LogP contribution in [0.3, 0.4) is 0 Å². The smallest absolute Gasteiger partial charge is 0.339 e. The maximum absolute atomic E-state index is 12.9. The fourth-order valence-electron chi connectivity index (χ4n) is 3.39. The van der Waals surface area contributed by atoms with Crippen LogP contribution in [-0.4, -0.2) is 42.5 Å². The van der Waals surface area contributed by atoms with E-state index >= 15 is 0 Å². The van der Waals surface area contributed by atoms with Crippen LogP contribution >= 0.6 is 0 Å². The van der Waals surface area contributed by atoms with Gasteiger partial charge in [-0.15, -0.1) is 0 Å². The SMILES string of the molecule is CN(C)C(=O)COC(=O)c1c2c(nc3ccccc13)/C(=C/c1ccco1)CC2. The van der Waals surface area contributed by atoms with Crippen molar-refractivity contribution < 1.29 is 18.7 Å². The van der Waals surface area contributed by atoms with Gasteiger partial charge in [-0.2, -0.15) is 0 Å². The van der Waals surface area contributed by atoms with E-state index in [-0.39, 0.29) is 12.5 Å². The zero-order valence-corrected chi connectivity index (χ0v) is 15.8. The molecule has 0 N–H and O–H groups in total. The van der Waals surface area contributed by atoms with E-state index in [1.54, 1.807) is 20.4 Å². The average Bonchev–Trinajstić information content (AvgIpc) is 3.34. The van der Waals surface area contributed by atoms with Crippen molar-refractivity contribution in [2.75, 3.05) is 20.7 Å². The number of carbonyl (C=O) groups is 2. The summed E-state index contributed by atoms with van der Waals surface area (Å²) in [4.78, 5) is 30.9. The number of esters is 1. The van der Waals surface area contributed by atoms with Crippen LogP contribution < -0.4 is 0 Å². The lowest BCUT2D eigenvalue weighted by molar-refractivity contribution is -0.131. The number of carbonyl (C=O) groups excluding carboxylic acids is 2. The van der Waals surface area contributed by atoms with Gasteiger partial charge in [0.2, 0.25) is 0 Å². The van der Waals surface area contributed by atoms with E-state index in [4.69, 9.17) is 14.1 Å².